The molecule has 1 rings (SSSR count). The van der Waals surface area contributed by atoms with E-state index in [-0.39, 0.29) is 5.69 Å². The third kappa shape index (κ3) is 3.21. The normalized spacial score (nSPS) is 12.9. The molecule has 0 aliphatic heterocycles. The van der Waals surface area contributed by atoms with Crippen molar-refractivity contribution in [2.75, 3.05) is 11.0 Å². The Balaban J connectivity index is 3.06. The van der Waals surface area contributed by atoms with Gasteiger partial charge in [0.15, 0.2) is 0 Å². The summed E-state index contributed by atoms with van der Waals surface area (Å²) in [5, 5.41) is 0. The van der Waals surface area contributed by atoms with Gasteiger partial charge in [0.05, 0.1) is 11.9 Å². The number of rotatable bonds is 3. The summed E-state index contributed by atoms with van der Waals surface area (Å²) in [6, 6.07) is 3.56. The van der Waals surface area contributed by atoms with Gasteiger partial charge in [-0.05, 0) is 18.2 Å². The molecule has 6 heteroatoms. The Bertz CT molecular complexity index is 534. The lowest BCUT2D eigenvalue weighted by Crippen LogP contribution is -2.11. The summed E-state index contributed by atoms with van der Waals surface area (Å²) in [7, 11) is -3.49. The van der Waals surface area contributed by atoms with Crippen LogP contribution in [0.2, 0.25) is 0 Å². The highest BCUT2D eigenvalue weighted by Gasteiger charge is 2.13. The van der Waals surface area contributed by atoms with E-state index in [1.807, 2.05) is 0 Å². The Kier molecular flexibility index (Phi) is 3.50. The quantitative estimate of drug-likeness (QED) is 0.826. The summed E-state index contributed by atoms with van der Waals surface area (Å²) >= 11 is 0. The summed E-state index contributed by atoms with van der Waals surface area (Å²) in [5.41, 5.74) is 0.412. The molecule has 0 aliphatic rings. The summed E-state index contributed by atoms with van der Waals surface area (Å²) in [6.45, 7) is 8.45. The topological polar surface area (TPSA) is 50.5 Å². The van der Waals surface area contributed by atoms with Crippen molar-refractivity contribution in [2.24, 2.45) is 0 Å². The predicted octanol–water partition coefficient (Wildman–Crippen LogP) is 2.18. The van der Waals surface area contributed by atoms with Crippen molar-refractivity contribution in [1.82, 2.24) is 0 Å². The van der Waals surface area contributed by atoms with Gasteiger partial charge in [0.25, 0.3) is 0 Å². The SMILES string of the molecule is [C-]#[N+][C@H](C)c1ccc(NS(C)(=O)=O)c(F)c1. The number of benzene rings is 1. The van der Waals surface area contributed by atoms with Crippen molar-refractivity contribution in [3.8, 4) is 0 Å². The Morgan fingerprint density at radius 2 is 2.12 bits per heavy atom. The van der Waals surface area contributed by atoms with Crippen LogP contribution in [0.15, 0.2) is 18.2 Å². The van der Waals surface area contributed by atoms with Crippen molar-refractivity contribution >= 4 is 15.7 Å². The molecule has 0 fully saturated rings. The molecule has 1 N–H and O–H groups in total. The number of sulfonamides is 1. The first-order valence-corrected chi connectivity index (χ1v) is 6.36. The molecule has 0 aliphatic carbocycles. The van der Waals surface area contributed by atoms with E-state index in [0.717, 1.165) is 12.3 Å². The second-order valence-electron chi connectivity index (χ2n) is 3.42. The van der Waals surface area contributed by atoms with Crippen molar-refractivity contribution in [3.05, 3.63) is 41.0 Å². The van der Waals surface area contributed by atoms with Crippen LogP contribution in [0, 0.1) is 12.4 Å². The second-order valence-corrected chi connectivity index (χ2v) is 5.17. The first-order chi connectivity index (χ1) is 7.33. The predicted molar refractivity (Wildman–Crippen MR) is 59.9 cm³/mol. The molecule has 0 radical (unpaired) electrons. The number of halogens is 1. The highest BCUT2D eigenvalue weighted by atomic mass is 32.2. The minimum absolute atomic E-state index is 0.108. The smallest absolute Gasteiger partial charge is 0.246 e. The van der Waals surface area contributed by atoms with Gasteiger partial charge in [0.2, 0.25) is 16.1 Å². The van der Waals surface area contributed by atoms with E-state index in [0.29, 0.717) is 5.56 Å². The molecule has 1 aromatic carbocycles. The highest BCUT2D eigenvalue weighted by Crippen LogP contribution is 2.22. The fourth-order valence-electron chi connectivity index (χ4n) is 1.15. The fraction of sp³-hybridized carbons (Fsp3) is 0.300. The van der Waals surface area contributed by atoms with Crippen molar-refractivity contribution in [2.45, 2.75) is 13.0 Å². The minimum atomic E-state index is -3.49. The molecule has 0 bridgehead atoms. The lowest BCUT2D eigenvalue weighted by atomic mass is 10.1. The Morgan fingerprint density at radius 1 is 1.50 bits per heavy atom. The highest BCUT2D eigenvalue weighted by molar-refractivity contribution is 7.92. The van der Waals surface area contributed by atoms with E-state index in [2.05, 4.69) is 9.57 Å². The zero-order valence-electron chi connectivity index (χ0n) is 8.86. The monoisotopic (exact) mass is 242 g/mol. The Morgan fingerprint density at radius 3 is 2.56 bits per heavy atom. The molecule has 1 atom stereocenters. The Labute approximate surface area is 94.0 Å². The molecule has 0 aromatic heterocycles. The van der Waals surface area contributed by atoms with Crippen LogP contribution in [0.25, 0.3) is 4.85 Å². The van der Waals surface area contributed by atoms with Crippen LogP contribution in [0.5, 0.6) is 0 Å². The van der Waals surface area contributed by atoms with Crippen LogP contribution in [0.3, 0.4) is 0 Å². The largest absolute Gasteiger partial charge is 0.309 e. The molecule has 0 heterocycles. The molecular formula is C10H11FN2O2S. The fourth-order valence-corrected chi connectivity index (χ4v) is 1.71. The van der Waals surface area contributed by atoms with E-state index in [1.165, 1.54) is 12.1 Å². The van der Waals surface area contributed by atoms with Crippen molar-refractivity contribution < 1.29 is 12.8 Å². The first kappa shape index (κ1) is 12.5. The van der Waals surface area contributed by atoms with Crippen LogP contribution < -0.4 is 4.72 Å². The van der Waals surface area contributed by atoms with Gasteiger partial charge < -0.3 is 4.85 Å². The van der Waals surface area contributed by atoms with Gasteiger partial charge in [-0.2, -0.15) is 0 Å². The van der Waals surface area contributed by atoms with Crippen LogP contribution in [0.4, 0.5) is 10.1 Å². The molecule has 4 nitrogen and oxygen atoms in total. The number of anilines is 1. The van der Waals surface area contributed by atoms with Gasteiger partial charge in [0, 0.05) is 12.5 Å². The van der Waals surface area contributed by atoms with Gasteiger partial charge in [-0.25, -0.2) is 19.4 Å². The zero-order chi connectivity index (χ0) is 12.3. The van der Waals surface area contributed by atoms with Gasteiger partial charge in [-0.15, -0.1) is 0 Å². The van der Waals surface area contributed by atoms with E-state index in [4.69, 9.17) is 6.57 Å². The van der Waals surface area contributed by atoms with E-state index >= 15 is 0 Å². The maximum atomic E-state index is 13.4. The van der Waals surface area contributed by atoms with Gasteiger partial charge >= 0.3 is 0 Å². The third-order valence-corrected chi connectivity index (χ3v) is 2.56. The van der Waals surface area contributed by atoms with Crippen molar-refractivity contribution in [1.29, 1.82) is 0 Å². The maximum Gasteiger partial charge on any atom is 0.246 e. The van der Waals surface area contributed by atoms with E-state index in [1.54, 1.807) is 6.92 Å². The third-order valence-electron chi connectivity index (χ3n) is 1.96. The average molecular weight is 242 g/mol. The molecular weight excluding hydrogens is 231 g/mol. The van der Waals surface area contributed by atoms with E-state index < -0.39 is 21.9 Å². The zero-order valence-corrected chi connectivity index (χ0v) is 9.68. The second kappa shape index (κ2) is 4.49. The summed E-state index contributed by atoms with van der Waals surface area (Å²) in [6.07, 6.45) is 0.947. The molecule has 0 amide bonds. The Hall–Kier alpha value is -1.61. The van der Waals surface area contributed by atoms with Crippen LogP contribution >= 0.6 is 0 Å². The molecule has 1 aromatic rings. The molecule has 0 saturated heterocycles. The van der Waals surface area contributed by atoms with Gasteiger partial charge in [0.1, 0.15) is 5.82 Å². The first-order valence-electron chi connectivity index (χ1n) is 4.47. The lowest BCUT2D eigenvalue weighted by molar-refractivity contribution is 0.603. The van der Waals surface area contributed by atoms with Gasteiger partial charge in [-0.1, -0.05) is 0 Å². The maximum absolute atomic E-state index is 13.4. The standard InChI is InChI=1S/C10H11FN2O2S/c1-7(12-2)8-4-5-10(9(11)6-8)13-16(3,14)15/h4-7,13H,1,3H3/t7-/m1/s1. The average Bonchev–Trinajstić information content (AvgIpc) is 2.18. The number of hydrogen-bond acceptors (Lipinski definition) is 2. The molecule has 0 saturated carbocycles. The van der Waals surface area contributed by atoms with E-state index in [9.17, 15) is 12.8 Å². The van der Waals surface area contributed by atoms with Crippen LogP contribution in [-0.2, 0) is 10.0 Å². The molecule has 0 spiro atoms. The number of hydrogen-bond donors (Lipinski definition) is 1. The summed E-state index contributed by atoms with van der Waals surface area (Å²) in [4.78, 5) is 3.25. The molecule has 86 valence electrons. The van der Waals surface area contributed by atoms with Crippen LogP contribution in [0.1, 0.15) is 18.5 Å². The van der Waals surface area contributed by atoms with Crippen LogP contribution in [-0.4, -0.2) is 14.7 Å². The van der Waals surface area contributed by atoms with Gasteiger partial charge in [-0.3, -0.25) is 4.72 Å². The summed E-state index contributed by atoms with van der Waals surface area (Å²) < 4.78 is 37.3. The number of nitrogens with zero attached hydrogens (tertiary/aromatic N) is 1. The lowest BCUT2D eigenvalue weighted by Gasteiger charge is -2.06. The van der Waals surface area contributed by atoms with Crippen molar-refractivity contribution in [3.63, 3.8) is 0 Å². The number of nitrogens with one attached hydrogen (secondary N) is 1. The molecule has 16 heavy (non-hydrogen) atoms. The summed E-state index contributed by atoms with van der Waals surface area (Å²) in [5.74, 6) is -0.682. The molecule has 0 unspecified atom stereocenters. The minimum Gasteiger partial charge on any atom is -0.309 e.